The van der Waals surface area contributed by atoms with Crippen molar-refractivity contribution < 1.29 is 0 Å². The maximum Gasteiger partial charge on any atom is 0.0214 e. The maximum absolute atomic E-state index is 3.84. The number of benzene rings is 2. The Morgan fingerprint density at radius 1 is 0.818 bits per heavy atom. The predicted octanol–water partition coefficient (Wildman–Crippen LogP) is 5.07. The van der Waals surface area contributed by atoms with E-state index in [-0.39, 0.29) is 0 Å². The zero-order chi connectivity index (χ0) is 14.8. The van der Waals surface area contributed by atoms with Crippen molar-refractivity contribution in [3.05, 3.63) is 59.2 Å². The molecule has 0 bridgehead atoms. The molecule has 2 aromatic carbocycles. The molecule has 4 rings (SSSR count). The van der Waals surface area contributed by atoms with E-state index in [9.17, 15) is 0 Å². The average molecular weight is 291 g/mol. The van der Waals surface area contributed by atoms with Gasteiger partial charge in [-0.25, -0.2) is 0 Å². The first-order valence-corrected chi connectivity index (χ1v) is 8.84. The molecule has 1 fully saturated rings. The number of fused-ring (bicyclic) bond motifs is 3. The van der Waals surface area contributed by atoms with Gasteiger partial charge in [0, 0.05) is 12.6 Å². The molecule has 0 unspecified atom stereocenters. The van der Waals surface area contributed by atoms with Crippen molar-refractivity contribution in [1.29, 1.82) is 0 Å². The van der Waals surface area contributed by atoms with E-state index in [0.29, 0.717) is 0 Å². The summed E-state index contributed by atoms with van der Waals surface area (Å²) in [6, 6.07) is 16.4. The Balaban J connectivity index is 1.56. The van der Waals surface area contributed by atoms with Crippen LogP contribution >= 0.6 is 0 Å². The molecule has 0 heterocycles. The largest absolute Gasteiger partial charge is 0.310 e. The molecule has 0 saturated heterocycles. The number of rotatable bonds is 3. The van der Waals surface area contributed by atoms with Crippen LogP contribution in [0.2, 0.25) is 0 Å². The zero-order valence-electron chi connectivity index (χ0n) is 13.3. The molecule has 1 saturated carbocycles. The Morgan fingerprint density at radius 2 is 1.59 bits per heavy atom. The second-order valence-corrected chi connectivity index (χ2v) is 6.85. The third-order valence-corrected chi connectivity index (χ3v) is 5.34. The molecule has 0 aliphatic heterocycles. The van der Waals surface area contributed by atoms with E-state index in [1.165, 1.54) is 66.3 Å². The number of hydrogen-bond donors (Lipinski definition) is 1. The summed E-state index contributed by atoms with van der Waals surface area (Å²) in [7, 11) is 0. The summed E-state index contributed by atoms with van der Waals surface area (Å²) in [5, 5.41) is 3.84. The van der Waals surface area contributed by atoms with Gasteiger partial charge in [-0.15, -0.1) is 0 Å². The lowest BCUT2D eigenvalue weighted by Gasteiger charge is -2.18. The quantitative estimate of drug-likeness (QED) is 0.664. The Kier molecular flexibility index (Phi) is 3.99. The summed E-state index contributed by atoms with van der Waals surface area (Å²) in [5.74, 6) is 0. The van der Waals surface area contributed by atoms with Crippen molar-refractivity contribution in [3.8, 4) is 11.1 Å². The highest BCUT2D eigenvalue weighted by atomic mass is 14.9. The van der Waals surface area contributed by atoms with Crippen LogP contribution in [0.4, 0.5) is 0 Å². The van der Waals surface area contributed by atoms with Gasteiger partial charge in [0.25, 0.3) is 0 Å². The Morgan fingerprint density at radius 3 is 2.45 bits per heavy atom. The highest BCUT2D eigenvalue weighted by Crippen LogP contribution is 2.38. The summed E-state index contributed by atoms with van der Waals surface area (Å²) < 4.78 is 0. The van der Waals surface area contributed by atoms with Crippen LogP contribution in [0.15, 0.2) is 42.5 Å². The number of hydrogen-bond acceptors (Lipinski definition) is 1. The molecule has 1 heteroatoms. The summed E-state index contributed by atoms with van der Waals surface area (Å²) in [5.41, 5.74) is 7.42. The monoisotopic (exact) mass is 291 g/mol. The van der Waals surface area contributed by atoms with Gasteiger partial charge in [-0.05, 0) is 47.1 Å². The Bertz CT molecular complexity index is 651. The molecular weight excluding hydrogens is 266 g/mol. The molecule has 2 aromatic rings. The molecule has 1 nitrogen and oxygen atoms in total. The first kappa shape index (κ1) is 14.0. The molecule has 2 aliphatic carbocycles. The van der Waals surface area contributed by atoms with Gasteiger partial charge in [0.2, 0.25) is 0 Å². The minimum atomic E-state index is 0.718. The fraction of sp³-hybridized carbons (Fsp3) is 0.429. The van der Waals surface area contributed by atoms with Crippen molar-refractivity contribution >= 4 is 0 Å². The first-order valence-electron chi connectivity index (χ1n) is 8.84. The third-order valence-electron chi connectivity index (χ3n) is 5.34. The summed E-state index contributed by atoms with van der Waals surface area (Å²) >= 11 is 0. The SMILES string of the molecule is c1ccc2c(c1)Cc1cccc(CNC3CCCCCC3)c1-2. The molecule has 2 aliphatic rings. The van der Waals surface area contributed by atoms with Gasteiger partial charge in [-0.2, -0.15) is 0 Å². The lowest BCUT2D eigenvalue weighted by Crippen LogP contribution is -2.28. The molecule has 1 N–H and O–H groups in total. The molecule has 0 amide bonds. The topological polar surface area (TPSA) is 12.0 Å². The van der Waals surface area contributed by atoms with Crippen LogP contribution in [-0.2, 0) is 13.0 Å². The predicted molar refractivity (Wildman–Crippen MR) is 93.0 cm³/mol. The molecule has 0 atom stereocenters. The number of nitrogens with one attached hydrogen (secondary N) is 1. The fourth-order valence-electron chi connectivity index (χ4n) is 4.16. The van der Waals surface area contributed by atoms with Crippen LogP contribution in [0.25, 0.3) is 11.1 Å². The summed E-state index contributed by atoms with van der Waals surface area (Å²) in [4.78, 5) is 0. The summed E-state index contributed by atoms with van der Waals surface area (Å²) in [6.45, 7) is 1.02. The minimum Gasteiger partial charge on any atom is -0.310 e. The average Bonchev–Trinajstić information content (AvgIpc) is 2.74. The van der Waals surface area contributed by atoms with E-state index < -0.39 is 0 Å². The third kappa shape index (κ3) is 2.70. The van der Waals surface area contributed by atoms with Gasteiger partial charge in [0.15, 0.2) is 0 Å². The van der Waals surface area contributed by atoms with Gasteiger partial charge < -0.3 is 5.32 Å². The lowest BCUT2D eigenvalue weighted by atomic mass is 9.99. The van der Waals surface area contributed by atoms with E-state index in [1.807, 2.05) is 0 Å². The van der Waals surface area contributed by atoms with Crippen LogP contribution in [-0.4, -0.2) is 6.04 Å². The second kappa shape index (κ2) is 6.26. The lowest BCUT2D eigenvalue weighted by molar-refractivity contribution is 0.459. The van der Waals surface area contributed by atoms with Gasteiger partial charge in [0.1, 0.15) is 0 Å². The smallest absolute Gasteiger partial charge is 0.0214 e. The maximum atomic E-state index is 3.84. The normalized spacial score (nSPS) is 17.8. The Labute approximate surface area is 133 Å². The molecule has 114 valence electrons. The second-order valence-electron chi connectivity index (χ2n) is 6.85. The fourth-order valence-corrected chi connectivity index (χ4v) is 4.16. The summed E-state index contributed by atoms with van der Waals surface area (Å²) in [6.07, 6.45) is 9.44. The molecule has 22 heavy (non-hydrogen) atoms. The van der Waals surface area contributed by atoms with Crippen LogP contribution < -0.4 is 5.32 Å². The van der Waals surface area contributed by atoms with Crippen LogP contribution in [0, 0.1) is 0 Å². The minimum absolute atomic E-state index is 0.718. The van der Waals surface area contributed by atoms with Crippen LogP contribution in [0.1, 0.15) is 55.2 Å². The van der Waals surface area contributed by atoms with Gasteiger partial charge in [-0.1, -0.05) is 68.1 Å². The first-order chi connectivity index (χ1) is 10.9. The van der Waals surface area contributed by atoms with Crippen molar-refractivity contribution in [2.45, 2.75) is 57.5 Å². The van der Waals surface area contributed by atoms with Gasteiger partial charge in [0.05, 0.1) is 0 Å². The van der Waals surface area contributed by atoms with E-state index in [1.54, 1.807) is 0 Å². The standard InChI is InChI=1S/C21H25N/c1-2-4-12-19(11-3-1)22-15-18-10-7-9-17-14-16-8-5-6-13-20(16)21(17)18/h5-10,13,19,22H,1-4,11-12,14-15H2. The van der Waals surface area contributed by atoms with Crippen molar-refractivity contribution in [1.82, 2.24) is 5.32 Å². The zero-order valence-corrected chi connectivity index (χ0v) is 13.3. The van der Waals surface area contributed by atoms with E-state index >= 15 is 0 Å². The Hall–Kier alpha value is -1.60. The van der Waals surface area contributed by atoms with Gasteiger partial charge >= 0.3 is 0 Å². The van der Waals surface area contributed by atoms with E-state index in [2.05, 4.69) is 47.8 Å². The molecule has 0 aromatic heterocycles. The van der Waals surface area contributed by atoms with Crippen LogP contribution in [0.3, 0.4) is 0 Å². The molecule has 0 spiro atoms. The molecule has 0 radical (unpaired) electrons. The molecular formula is C21H25N. The highest BCUT2D eigenvalue weighted by molar-refractivity contribution is 5.79. The van der Waals surface area contributed by atoms with Crippen molar-refractivity contribution in [2.24, 2.45) is 0 Å². The van der Waals surface area contributed by atoms with Crippen molar-refractivity contribution in [3.63, 3.8) is 0 Å². The van der Waals surface area contributed by atoms with E-state index in [0.717, 1.165) is 19.0 Å². The van der Waals surface area contributed by atoms with Crippen molar-refractivity contribution in [2.75, 3.05) is 0 Å². The van der Waals surface area contributed by atoms with Gasteiger partial charge in [-0.3, -0.25) is 0 Å². The van der Waals surface area contributed by atoms with Crippen LogP contribution in [0.5, 0.6) is 0 Å². The van der Waals surface area contributed by atoms with E-state index in [4.69, 9.17) is 0 Å². The highest BCUT2D eigenvalue weighted by Gasteiger charge is 2.21.